The van der Waals surface area contributed by atoms with E-state index in [-0.39, 0.29) is 6.42 Å². The molecular formula is C13H20F3N2O3S+. The molecule has 5 unspecified atom stereocenters. The Labute approximate surface area is 130 Å². The summed E-state index contributed by atoms with van der Waals surface area (Å²) in [6.45, 7) is 6.05. The maximum absolute atomic E-state index is 12.9. The topological polar surface area (TPSA) is 67.0 Å². The van der Waals surface area contributed by atoms with E-state index < -0.39 is 35.8 Å². The molecule has 2 N–H and O–H groups in total. The normalized spacial score (nSPS) is 33.8. The van der Waals surface area contributed by atoms with Gasteiger partial charge in [-0.3, -0.25) is 0 Å². The molecule has 2 fully saturated rings. The number of ether oxygens (including phenoxy) is 1. The Kier molecular flexibility index (Phi) is 5.45. The van der Waals surface area contributed by atoms with E-state index in [4.69, 9.17) is 4.74 Å². The number of rotatable bonds is 2. The second kappa shape index (κ2) is 6.80. The first kappa shape index (κ1) is 17.6. The quantitative estimate of drug-likeness (QED) is 0.437. The number of hydrogen-bond donors (Lipinski definition) is 2. The zero-order valence-electron chi connectivity index (χ0n) is 12.2. The average Bonchev–Trinajstić information content (AvgIpc) is 2.37. The van der Waals surface area contributed by atoms with Crippen LogP contribution >= 0.6 is 11.8 Å². The summed E-state index contributed by atoms with van der Waals surface area (Å²) in [5.41, 5.74) is -0.700. The van der Waals surface area contributed by atoms with E-state index in [1.807, 2.05) is 4.90 Å². The minimum atomic E-state index is -4.50. The van der Waals surface area contributed by atoms with Crippen LogP contribution < -0.4 is 4.67 Å². The predicted octanol–water partition coefficient (Wildman–Crippen LogP) is 0.584. The summed E-state index contributed by atoms with van der Waals surface area (Å²) in [4.78, 5) is 1.95. The standard InChI is InChI=1S/C13H20F3N2O3S/c1-7(13(14,15)16)11-10(20)8(19)6-9(21-11)22-12(17-2)18-4-3-5-18/h7-11,19-20H,2-6H2,1H3/q+1. The van der Waals surface area contributed by atoms with Crippen LogP contribution in [-0.4, -0.2) is 70.0 Å². The predicted molar refractivity (Wildman–Crippen MR) is 78.6 cm³/mol. The lowest BCUT2D eigenvalue weighted by atomic mass is 9.92. The Morgan fingerprint density at radius 3 is 2.50 bits per heavy atom. The molecule has 9 heteroatoms. The Hall–Kier alpha value is -0.730. The number of thioether (sulfide) groups is 1. The first-order valence-corrected chi connectivity index (χ1v) is 7.95. The van der Waals surface area contributed by atoms with Crippen molar-refractivity contribution >= 4 is 23.6 Å². The molecule has 0 aromatic carbocycles. The van der Waals surface area contributed by atoms with Crippen molar-refractivity contribution in [2.45, 2.75) is 49.7 Å². The number of alkyl halides is 3. The third-order valence-corrected chi connectivity index (χ3v) is 5.15. The summed E-state index contributed by atoms with van der Waals surface area (Å²) in [5.74, 6) is -1.87. The number of nitrogens with zero attached hydrogens (tertiary/aromatic N) is 2. The second-order valence-corrected chi connectivity index (χ2v) is 6.68. The molecule has 2 heterocycles. The number of likely N-dealkylation sites (tertiary alicyclic amines) is 1. The van der Waals surface area contributed by atoms with Gasteiger partial charge in [-0.1, -0.05) is 6.92 Å². The SMILES string of the molecule is C=[N+]=C(SC1CC(O)C(O)C(C(C)C(F)(F)F)O1)N1CCC1. The Balaban J connectivity index is 2.05. The van der Waals surface area contributed by atoms with Crippen molar-refractivity contribution in [3.63, 3.8) is 0 Å². The Morgan fingerprint density at radius 1 is 1.41 bits per heavy atom. The molecule has 126 valence electrons. The van der Waals surface area contributed by atoms with E-state index in [0.29, 0.717) is 5.17 Å². The largest absolute Gasteiger partial charge is 0.407 e. The van der Waals surface area contributed by atoms with Crippen molar-refractivity contribution in [2.75, 3.05) is 13.1 Å². The van der Waals surface area contributed by atoms with Crippen molar-refractivity contribution in [1.82, 2.24) is 9.57 Å². The molecule has 5 nitrogen and oxygen atoms in total. The highest BCUT2D eigenvalue weighted by atomic mass is 32.2. The van der Waals surface area contributed by atoms with Gasteiger partial charge in [-0.25, -0.2) is 9.57 Å². The third kappa shape index (κ3) is 3.78. The monoisotopic (exact) mass is 341 g/mol. The molecule has 2 aliphatic heterocycles. The molecule has 0 aromatic rings. The van der Waals surface area contributed by atoms with Gasteiger partial charge < -0.3 is 14.9 Å². The van der Waals surface area contributed by atoms with Gasteiger partial charge >= 0.3 is 11.3 Å². The lowest BCUT2D eigenvalue weighted by Crippen LogP contribution is -2.53. The van der Waals surface area contributed by atoms with Gasteiger partial charge in [0.2, 0.25) is 0 Å². The maximum atomic E-state index is 12.9. The minimum Gasteiger partial charge on any atom is -0.390 e. The summed E-state index contributed by atoms with van der Waals surface area (Å²) >= 11 is 1.14. The number of amidine groups is 1. The number of aliphatic hydroxyl groups excluding tert-OH is 2. The highest BCUT2D eigenvalue weighted by Gasteiger charge is 2.50. The average molecular weight is 341 g/mol. The van der Waals surface area contributed by atoms with Gasteiger partial charge in [0.05, 0.1) is 31.2 Å². The highest BCUT2D eigenvalue weighted by molar-refractivity contribution is 8.14. The summed E-state index contributed by atoms with van der Waals surface area (Å²) in [5, 5.41) is 20.2. The zero-order chi connectivity index (χ0) is 16.5. The van der Waals surface area contributed by atoms with E-state index >= 15 is 0 Å². The number of halogens is 3. The minimum absolute atomic E-state index is 0.0414. The molecule has 2 aliphatic rings. The van der Waals surface area contributed by atoms with Crippen LogP contribution in [0.25, 0.3) is 0 Å². The van der Waals surface area contributed by atoms with Gasteiger partial charge in [0.15, 0.2) is 6.72 Å². The van der Waals surface area contributed by atoms with Gasteiger partial charge in [-0.05, 0) is 0 Å². The molecule has 0 aliphatic carbocycles. The van der Waals surface area contributed by atoms with Gasteiger partial charge in [-0.2, -0.15) is 13.2 Å². The van der Waals surface area contributed by atoms with Crippen molar-refractivity contribution < 1.29 is 28.1 Å². The van der Waals surface area contributed by atoms with Crippen molar-refractivity contribution in [3.05, 3.63) is 0 Å². The van der Waals surface area contributed by atoms with E-state index in [9.17, 15) is 23.4 Å². The van der Waals surface area contributed by atoms with E-state index in [0.717, 1.165) is 38.2 Å². The lowest BCUT2D eigenvalue weighted by Gasteiger charge is -2.39. The van der Waals surface area contributed by atoms with Gasteiger partial charge in [0.1, 0.15) is 11.5 Å². The van der Waals surface area contributed by atoms with Crippen LogP contribution in [0, 0.1) is 5.92 Å². The Morgan fingerprint density at radius 2 is 2.05 bits per heavy atom. The first-order chi connectivity index (χ1) is 10.2. The number of hydrogen-bond acceptors (Lipinski definition) is 4. The third-order valence-electron chi connectivity index (χ3n) is 3.98. The fourth-order valence-corrected chi connectivity index (χ4v) is 3.50. The van der Waals surface area contributed by atoms with Crippen LogP contribution in [0.3, 0.4) is 0 Å². The second-order valence-electron chi connectivity index (χ2n) is 5.55. The van der Waals surface area contributed by atoms with Crippen LogP contribution in [0.15, 0.2) is 0 Å². The maximum Gasteiger partial charge on any atom is 0.407 e. The molecule has 0 radical (unpaired) electrons. The molecule has 0 amide bonds. The van der Waals surface area contributed by atoms with Gasteiger partial charge in [0, 0.05) is 24.6 Å². The summed E-state index contributed by atoms with van der Waals surface area (Å²) in [7, 11) is 0. The molecule has 2 saturated heterocycles. The molecule has 22 heavy (non-hydrogen) atoms. The van der Waals surface area contributed by atoms with E-state index in [2.05, 4.69) is 11.4 Å². The summed E-state index contributed by atoms with van der Waals surface area (Å²) in [6, 6.07) is 0. The van der Waals surface area contributed by atoms with E-state index in [1.165, 1.54) is 0 Å². The number of aliphatic hydroxyl groups is 2. The fraction of sp³-hybridized carbons (Fsp3) is 0.846. The van der Waals surface area contributed by atoms with Crippen LogP contribution in [0.5, 0.6) is 0 Å². The van der Waals surface area contributed by atoms with Crippen LogP contribution in [0.2, 0.25) is 0 Å². The molecule has 0 bridgehead atoms. The molecule has 0 aromatic heterocycles. The lowest BCUT2D eigenvalue weighted by molar-refractivity contribution is -0.241. The Bertz CT molecular complexity index is 452. The van der Waals surface area contributed by atoms with Crippen molar-refractivity contribution in [2.24, 2.45) is 5.92 Å². The van der Waals surface area contributed by atoms with Crippen LogP contribution in [-0.2, 0) is 4.74 Å². The van der Waals surface area contributed by atoms with Crippen LogP contribution in [0.1, 0.15) is 19.8 Å². The van der Waals surface area contributed by atoms with Crippen molar-refractivity contribution in [3.8, 4) is 0 Å². The van der Waals surface area contributed by atoms with Gasteiger partial charge in [0.25, 0.3) is 0 Å². The first-order valence-electron chi connectivity index (χ1n) is 7.07. The summed E-state index contributed by atoms with van der Waals surface area (Å²) in [6.07, 6.45) is -7.75. The molecule has 5 atom stereocenters. The molecule has 0 saturated carbocycles. The molecular weight excluding hydrogens is 321 g/mol. The fourth-order valence-electron chi connectivity index (χ4n) is 2.38. The van der Waals surface area contributed by atoms with E-state index in [1.54, 1.807) is 0 Å². The molecule has 0 spiro atoms. The highest BCUT2D eigenvalue weighted by Crippen LogP contribution is 2.38. The smallest absolute Gasteiger partial charge is 0.390 e. The summed E-state index contributed by atoms with van der Waals surface area (Å²) < 4.78 is 47.9. The van der Waals surface area contributed by atoms with Crippen molar-refractivity contribution in [1.29, 1.82) is 0 Å². The van der Waals surface area contributed by atoms with Crippen LogP contribution in [0.4, 0.5) is 13.2 Å². The zero-order valence-corrected chi connectivity index (χ0v) is 13.0. The van der Waals surface area contributed by atoms with Gasteiger partial charge in [-0.15, -0.1) is 0 Å². The molecule has 2 rings (SSSR count).